The molecule has 0 bridgehead atoms. The molecule has 1 amide bonds. The van der Waals surface area contributed by atoms with Gasteiger partial charge < -0.3 is 10.0 Å². The van der Waals surface area contributed by atoms with E-state index in [0.717, 1.165) is 5.56 Å². The van der Waals surface area contributed by atoms with Gasteiger partial charge in [0.2, 0.25) is 0 Å². The summed E-state index contributed by atoms with van der Waals surface area (Å²) in [4.78, 5) is 38.0. The van der Waals surface area contributed by atoms with E-state index in [9.17, 15) is 24.8 Å². The molecule has 0 aromatic heterocycles. The van der Waals surface area contributed by atoms with Gasteiger partial charge in [0.15, 0.2) is 0 Å². The van der Waals surface area contributed by atoms with Gasteiger partial charge in [-0.2, -0.15) is 0 Å². The molecule has 7 heteroatoms. The standard InChI is InChI=1S/C24H18N2O5/c27-22(17-10-5-2-6-11-17)20-21(18-12-7-13-19(14-18)26(30)31)25(24(29)23(20)28)15-16-8-3-1-4-9-16/h1-14,21,27H,15H2. The minimum atomic E-state index is -0.958. The number of hydrogen-bond donors (Lipinski definition) is 1. The highest BCUT2D eigenvalue weighted by Crippen LogP contribution is 2.41. The molecule has 1 aliphatic heterocycles. The van der Waals surface area contributed by atoms with Crippen LogP contribution < -0.4 is 0 Å². The second-order valence-electron chi connectivity index (χ2n) is 7.13. The lowest BCUT2D eigenvalue weighted by Crippen LogP contribution is -2.29. The minimum absolute atomic E-state index is 0.0902. The van der Waals surface area contributed by atoms with Gasteiger partial charge in [-0.15, -0.1) is 0 Å². The fraction of sp³-hybridized carbons (Fsp3) is 0.0833. The molecule has 1 saturated heterocycles. The van der Waals surface area contributed by atoms with Crippen LogP contribution in [0.3, 0.4) is 0 Å². The van der Waals surface area contributed by atoms with E-state index in [-0.39, 0.29) is 23.6 Å². The number of ketones is 1. The van der Waals surface area contributed by atoms with Crippen molar-refractivity contribution >= 4 is 23.1 Å². The number of carbonyl (C=O) groups is 2. The molecule has 0 radical (unpaired) electrons. The summed E-state index contributed by atoms with van der Waals surface area (Å²) in [7, 11) is 0. The van der Waals surface area contributed by atoms with Gasteiger partial charge in [-0.25, -0.2) is 0 Å². The Morgan fingerprint density at radius 2 is 1.58 bits per heavy atom. The number of benzene rings is 3. The number of carbonyl (C=O) groups excluding carboxylic acids is 2. The fourth-order valence-electron chi connectivity index (χ4n) is 3.73. The molecule has 1 heterocycles. The van der Waals surface area contributed by atoms with E-state index in [0.29, 0.717) is 11.1 Å². The van der Waals surface area contributed by atoms with Crippen molar-refractivity contribution in [1.29, 1.82) is 0 Å². The van der Waals surface area contributed by atoms with Crippen LogP contribution in [0.25, 0.3) is 5.76 Å². The molecule has 3 aromatic carbocycles. The molecule has 154 valence electrons. The van der Waals surface area contributed by atoms with Crippen LogP contribution >= 0.6 is 0 Å². The SMILES string of the molecule is O=C1C(=O)N(Cc2ccccc2)C(c2cccc([N+](=O)[O-])c2)C1=C(O)c1ccccc1. The van der Waals surface area contributed by atoms with Crippen LogP contribution in [0.15, 0.2) is 90.5 Å². The van der Waals surface area contributed by atoms with Gasteiger partial charge in [0.1, 0.15) is 5.76 Å². The molecule has 0 spiro atoms. The van der Waals surface area contributed by atoms with Crippen molar-refractivity contribution in [2.45, 2.75) is 12.6 Å². The third-order valence-corrected chi connectivity index (χ3v) is 5.18. The Bertz CT molecular complexity index is 1190. The zero-order valence-corrected chi connectivity index (χ0v) is 16.3. The van der Waals surface area contributed by atoms with Crippen LogP contribution in [0, 0.1) is 10.1 Å². The molecule has 1 aliphatic rings. The summed E-state index contributed by atoms with van der Waals surface area (Å²) in [5.74, 6) is -1.90. The fourth-order valence-corrected chi connectivity index (χ4v) is 3.73. The van der Waals surface area contributed by atoms with E-state index in [1.165, 1.54) is 23.1 Å². The number of non-ortho nitro benzene ring substituents is 1. The van der Waals surface area contributed by atoms with Crippen molar-refractivity contribution in [3.8, 4) is 0 Å². The Balaban J connectivity index is 1.89. The van der Waals surface area contributed by atoms with Crippen LogP contribution in [0.1, 0.15) is 22.7 Å². The third-order valence-electron chi connectivity index (χ3n) is 5.18. The Kier molecular flexibility index (Phi) is 5.32. The summed E-state index contributed by atoms with van der Waals surface area (Å²) in [5, 5.41) is 22.3. The summed E-state index contributed by atoms with van der Waals surface area (Å²) >= 11 is 0. The average molecular weight is 414 g/mol. The van der Waals surface area contributed by atoms with Gasteiger partial charge in [0, 0.05) is 24.2 Å². The number of nitrogens with zero attached hydrogens (tertiary/aromatic N) is 2. The number of aliphatic hydroxyl groups excluding tert-OH is 1. The van der Waals surface area contributed by atoms with Gasteiger partial charge in [0.25, 0.3) is 17.4 Å². The first-order valence-corrected chi connectivity index (χ1v) is 9.59. The van der Waals surface area contributed by atoms with Crippen LogP contribution in [0.2, 0.25) is 0 Å². The summed E-state index contributed by atoms with van der Waals surface area (Å²) in [6.45, 7) is 0.115. The Morgan fingerprint density at radius 3 is 2.23 bits per heavy atom. The first-order valence-electron chi connectivity index (χ1n) is 9.59. The van der Waals surface area contributed by atoms with E-state index in [1.54, 1.807) is 36.4 Å². The molecule has 1 atom stereocenters. The Morgan fingerprint density at radius 1 is 0.935 bits per heavy atom. The van der Waals surface area contributed by atoms with E-state index >= 15 is 0 Å². The normalized spacial score (nSPS) is 17.7. The van der Waals surface area contributed by atoms with Crippen molar-refractivity contribution in [2.75, 3.05) is 0 Å². The van der Waals surface area contributed by atoms with Crippen LogP contribution in [0.4, 0.5) is 5.69 Å². The summed E-state index contributed by atoms with van der Waals surface area (Å²) in [6, 6.07) is 22.4. The smallest absolute Gasteiger partial charge is 0.295 e. The molecular weight excluding hydrogens is 396 g/mol. The zero-order chi connectivity index (χ0) is 22.0. The number of Topliss-reactive ketones (excluding diaryl/α,β-unsaturated/α-hetero) is 1. The maximum Gasteiger partial charge on any atom is 0.295 e. The number of nitro benzene ring substituents is 1. The third kappa shape index (κ3) is 3.81. The first-order chi connectivity index (χ1) is 15.0. The van der Waals surface area contributed by atoms with Crippen LogP contribution in [0.5, 0.6) is 0 Å². The number of aliphatic hydroxyl groups is 1. The van der Waals surface area contributed by atoms with E-state index in [4.69, 9.17) is 0 Å². The molecule has 0 saturated carbocycles. The number of hydrogen-bond acceptors (Lipinski definition) is 5. The molecule has 1 N–H and O–H groups in total. The first kappa shape index (κ1) is 20.0. The molecular formula is C24H18N2O5. The largest absolute Gasteiger partial charge is 0.507 e. The Labute approximate surface area is 178 Å². The number of rotatable bonds is 5. The lowest BCUT2D eigenvalue weighted by Gasteiger charge is -2.25. The molecule has 0 aliphatic carbocycles. The molecule has 1 unspecified atom stereocenters. The lowest BCUT2D eigenvalue weighted by molar-refractivity contribution is -0.384. The quantitative estimate of drug-likeness (QED) is 0.222. The maximum atomic E-state index is 13.0. The predicted octanol–water partition coefficient (Wildman–Crippen LogP) is 4.22. The molecule has 7 nitrogen and oxygen atoms in total. The number of likely N-dealkylation sites (tertiary alicyclic amines) is 1. The van der Waals surface area contributed by atoms with Crippen molar-refractivity contribution in [3.05, 3.63) is 117 Å². The second-order valence-corrected chi connectivity index (χ2v) is 7.13. The summed E-state index contributed by atoms with van der Waals surface area (Å²) < 4.78 is 0. The van der Waals surface area contributed by atoms with Crippen molar-refractivity contribution < 1.29 is 19.6 Å². The minimum Gasteiger partial charge on any atom is -0.507 e. The highest BCUT2D eigenvalue weighted by atomic mass is 16.6. The van der Waals surface area contributed by atoms with Crippen LogP contribution in [-0.4, -0.2) is 26.6 Å². The van der Waals surface area contributed by atoms with Crippen molar-refractivity contribution in [3.63, 3.8) is 0 Å². The van der Waals surface area contributed by atoms with Gasteiger partial charge in [-0.3, -0.25) is 19.7 Å². The molecule has 31 heavy (non-hydrogen) atoms. The maximum absolute atomic E-state index is 13.0. The predicted molar refractivity (Wildman–Crippen MR) is 114 cm³/mol. The molecule has 4 rings (SSSR count). The van der Waals surface area contributed by atoms with E-state index in [1.807, 2.05) is 30.3 Å². The summed E-state index contributed by atoms with van der Waals surface area (Å²) in [5.41, 5.74) is 1.30. The number of nitro groups is 1. The lowest BCUT2D eigenvalue weighted by atomic mass is 9.95. The van der Waals surface area contributed by atoms with E-state index < -0.39 is 22.7 Å². The van der Waals surface area contributed by atoms with Crippen molar-refractivity contribution in [2.24, 2.45) is 0 Å². The number of amides is 1. The Hall–Kier alpha value is -4.26. The zero-order valence-electron chi connectivity index (χ0n) is 16.3. The highest BCUT2D eigenvalue weighted by Gasteiger charge is 2.46. The van der Waals surface area contributed by atoms with Gasteiger partial charge in [-0.05, 0) is 11.1 Å². The monoisotopic (exact) mass is 414 g/mol. The topological polar surface area (TPSA) is 101 Å². The average Bonchev–Trinajstić information content (AvgIpc) is 3.05. The van der Waals surface area contributed by atoms with Gasteiger partial charge >= 0.3 is 0 Å². The van der Waals surface area contributed by atoms with E-state index in [2.05, 4.69) is 0 Å². The van der Waals surface area contributed by atoms with Crippen LogP contribution in [-0.2, 0) is 16.1 Å². The molecule has 1 fully saturated rings. The second kappa shape index (κ2) is 8.23. The van der Waals surface area contributed by atoms with Gasteiger partial charge in [0.05, 0.1) is 16.5 Å². The summed E-state index contributed by atoms with van der Waals surface area (Å²) in [6.07, 6.45) is 0. The van der Waals surface area contributed by atoms with Crippen molar-refractivity contribution in [1.82, 2.24) is 4.90 Å². The molecule has 3 aromatic rings. The van der Waals surface area contributed by atoms with Gasteiger partial charge in [-0.1, -0.05) is 72.8 Å². The highest BCUT2D eigenvalue weighted by molar-refractivity contribution is 6.46.